The van der Waals surface area contributed by atoms with Gasteiger partial charge in [0.2, 0.25) is 5.91 Å². The van der Waals surface area contributed by atoms with Crippen molar-refractivity contribution in [2.45, 2.75) is 57.2 Å². The summed E-state index contributed by atoms with van der Waals surface area (Å²) in [5, 5.41) is 18.6. The molecule has 0 spiro atoms. The van der Waals surface area contributed by atoms with Crippen molar-refractivity contribution in [3.05, 3.63) is 81.7 Å². The van der Waals surface area contributed by atoms with Crippen LogP contribution >= 0.6 is 0 Å². The van der Waals surface area contributed by atoms with Gasteiger partial charge in [0.25, 0.3) is 5.56 Å². The van der Waals surface area contributed by atoms with Crippen LogP contribution in [-0.4, -0.2) is 38.1 Å². The van der Waals surface area contributed by atoms with Crippen molar-refractivity contribution in [2.75, 3.05) is 17.2 Å². The molecule has 0 saturated heterocycles. The summed E-state index contributed by atoms with van der Waals surface area (Å²) in [5.74, 6) is -0.329. The van der Waals surface area contributed by atoms with Crippen LogP contribution in [0.1, 0.15) is 60.2 Å². The van der Waals surface area contributed by atoms with Gasteiger partial charge in [0.05, 0.1) is 24.7 Å². The quantitative estimate of drug-likeness (QED) is 0.332. The molecule has 0 bridgehead atoms. The molecule has 3 aromatic rings. The number of hydrogen-bond acceptors (Lipinski definition) is 7. The van der Waals surface area contributed by atoms with Crippen molar-refractivity contribution in [3.63, 3.8) is 0 Å². The minimum Gasteiger partial charge on any atom is -0.481 e. The van der Waals surface area contributed by atoms with Crippen LogP contribution in [0.5, 0.6) is 0 Å². The molecule has 0 aromatic carbocycles. The lowest BCUT2D eigenvalue weighted by Crippen LogP contribution is -2.37. The summed E-state index contributed by atoms with van der Waals surface area (Å²) >= 11 is 0. The molecule has 1 saturated carbocycles. The normalized spacial score (nSPS) is 15.2. The number of fused-ring (bicyclic) bond motifs is 1. The second-order valence-electron chi connectivity index (χ2n) is 9.54. The molecule has 0 unspecified atom stereocenters. The molecule has 1 atom stereocenters. The largest absolute Gasteiger partial charge is 0.481 e. The standard InChI is InChI=1S/C27H30N6O4/c34-24(32-22(13-25(35)36)19-4-1-11-28-14-19)16-33-23(17-5-6-17)10-9-21(27(33)37)30-15-20-8-7-18-3-2-12-29-26(18)31-20/h1,4,7-11,14,17,22,30H,2-3,5-6,12-13,15-16H2,(H,29,31)(H,32,34)(H,35,36)/t22-/m0/s1. The molecular weight excluding hydrogens is 472 g/mol. The molecular formula is C27H30N6O4. The topological polar surface area (TPSA) is 138 Å². The Labute approximate surface area is 214 Å². The molecule has 10 nitrogen and oxygen atoms in total. The van der Waals surface area contributed by atoms with Crippen LogP contribution in [0.3, 0.4) is 0 Å². The van der Waals surface area contributed by atoms with Gasteiger partial charge < -0.3 is 25.6 Å². The minimum absolute atomic E-state index is 0.197. The molecule has 1 fully saturated rings. The maximum Gasteiger partial charge on any atom is 0.305 e. The Morgan fingerprint density at radius 1 is 1.19 bits per heavy atom. The van der Waals surface area contributed by atoms with Gasteiger partial charge >= 0.3 is 5.97 Å². The van der Waals surface area contributed by atoms with Crippen LogP contribution in [0.15, 0.2) is 53.6 Å². The summed E-state index contributed by atoms with van der Waals surface area (Å²) in [6.07, 6.45) is 6.86. The highest BCUT2D eigenvalue weighted by atomic mass is 16.4. The maximum absolute atomic E-state index is 13.4. The first-order chi connectivity index (χ1) is 18.0. The molecule has 2 aliphatic rings. The first-order valence-electron chi connectivity index (χ1n) is 12.6. The fourth-order valence-corrected chi connectivity index (χ4v) is 4.67. The van der Waals surface area contributed by atoms with Gasteiger partial charge in [-0.15, -0.1) is 0 Å². The maximum atomic E-state index is 13.4. The van der Waals surface area contributed by atoms with E-state index in [-0.39, 0.29) is 24.4 Å². The van der Waals surface area contributed by atoms with Crippen LogP contribution in [-0.2, 0) is 29.1 Å². The molecule has 4 N–H and O–H groups in total. The number of nitrogens with zero attached hydrogens (tertiary/aromatic N) is 3. The predicted molar refractivity (Wildman–Crippen MR) is 138 cm³/mol. The molecule has 4 heterocycles. The van der Waals surface area contributed by atoms with Crippen molar-refractivity contribution in [3.8, 4) is 0 Å². The molecule has 192 valence electrons. The van der Waals surface area contributed by atoms with E-state index in [2.05, 4.69) is 32.0 Å². The average Bonchev–Trinajstić information content (AvgIpc) is 3.74. The zero-order valence-electron chi connectivity index (χ0n) is 20.4. The number of carboxylic acid groups (broad SMARTS) is 1. The number of carboxylic acids is 1. The van der Waals surface area contributed by atoms with Crippen molar-refractivity contribution in [1.82, 2.24) is 19.9 Å². The summed E-state index contributed by atoms with van der Waals surface area (Å²) in [4.78, 5) is 46.6. The van der Waals surface area contributed by atoms with Crippen LogP contribution in [0, 0.1) is 0 Å². The Bertz CT molecular complexity index is 1350. The van der Waals surface area contributed by atoms with E-state index < -0.39 is 17.9 Å². The van der Waals surface area contributed by atoms with Gasteiger partial charge in [-0.3, -0.25) is 19.4 Å². The SMILES string of the molecule is O=C(O)C[C@H](NC(=O)Cn1c(C2CC2)ccc(NCc2ccc3c(n2)NCCC3)c1=O)c1cccnc1. The van der Waals surface area contributed by atoms with E-state index in [9.17, 15) is 19.5 Å². The first-order valence-corrected chi connectivity index (χ1v) is 12.6. The zero-order valence-corrected chi connectivity index (χ0v) is 20.4. The molecule has 37 heavy (non-hydrogen) atoms. The second kappa shape index (κ2) is 10.8. The predicted octanol–water partition coefficient (Wildman–Crippen LogP) is 2.82. The van der Waals surface area contributed by atoms with E-state index in [0.29, 0.717) is 17.8 Å². The molecule has 0 radical (unpaired) electrons. The Morgan fingerprint density at radius 2 is 2.05 bits per heavy atom. The molecule has 3 aromatic heterocycles. The van der Waals surface area contributed by atoms with Crippen LogP contribution in [0.25, 0.3) is 0 Å². The summed E-state index contributed by atoms with van der Waals surface area (Å²) in [6.45, 7) is 1.08. The molecule has 10 heteroatoms. The van der Waals surface area contributed by atoms with Gasteiger partial charge in [0.1, 0.15) is 18.1 Å². The van der Waals surface area contributed by atoms with E-state index in [1.165, 1.54) is 16.3 Å². The second-order valence-corrected chi connectivity index (χ2v) is 9.54. The third kappa shape index (κ3) is 5.96. The van der Waals surface area contributed by atoms with E-state index in [4.69, 9.17) is 0 Å². The Hall–Kier alpha value is -4.21. The number of anilines is 2. The Balaban J connectivity index is 1.33. The lowest BCUT2D eigenvalue weighted by molar-refractivity contribution is -0.137. The van der Waals surface area contributed by atoms with Crippen molar-refractivity contribution < 1.29 is 14.7 Å². The van der Waals surface area contributed by atoms with Gasteiger partial charge in [0.15, 0.2) is 0 Å². The first kappa shape index (κ1) is 24.5. The highest BCUT2D eigenvalue weighted by Gasteiger charge is 2.28. The monoisotopic (exact) mass is 502 g/mol. The molecule has 1 aliphatic heterocycles. The van der Waals surface area contributed by atoms with E-state index >= 15 is 0 Å². The minimum atomic E-state index is -1.04. The summed E-state index contributed by atoms with van der Waals surface area (Å²) in [5.41, 5.74) is 3.53. The number of aliphatic carboxylic acids is 1. The number of aryl methyl sites for hydroxylation is 1. The number of carbonyl (C=O) groups excluding carboxylic acids is 1. The van der Waals surface area contributed by atoms with Crippen LogP contribution < -0.4 is 21.5 Å². The summed E-state index contributed by atoms with van der Waals surface area (Å²) in [7, 11) is 0. The van der Waals surface area contributed by atoms with Crippen LogP contribution in [0.2, 0.25) is 0 Å². The van der Waals surface area contributed by atoms with E-state index in [1.807, 2.05) is 12.1 Å². The van der Waals surface area contributed by atoms with E-state index in [0.717, 1.165) is 49.4 Å². The lowest BCUT2D eigenvalue weighted by atomic mass is 10.1. The zero-order chi connectivity index (χ0) is 25.8. The summed E-state index contributed by atoms with van der Waals surface area (Å²) < 4.78 is 1.50. The number of rotatable bonds is 10. The number of carbonyl (C=O) groups is 2. The number of pyridine rings is 3. The molecule has 1 aliphatic carbocycles. The number of nitrogens with one attached hydrogen (secondary N) is 3. The van der Waals surface area contributed by atoms with Gasteiger partial charge in [-0.25, -0.2) is 4.98 Å². The fourth-order valence-electron chi connectivity index (χ4n) is 4.67. The van der Waals surface area contributed by atoms with Crippen molar-refractivity contribution in [1.29, 1.82) is 0 Å². The van der Waals surface area contributed by atoms with Gasteiger partial charge in [-0.2, -0.15) is 0 Å². The average molecular weight is 503 g/mol. The van der Waals surface area contributed by atoms with Gasteiger partial charge in [0, 0.05) is 24.6 Å². The highest BCUT2D eigenvalue weighted by molar-refractivity contribution is 5.78. The van der Waals surface area contributed by atoms with Gasteiger partial charge in [-0.1, -0.05) is 12.1 Å². The molecule has 5 rings (SSSR count). The lowest BCUT2D eigenvalue weighted by Gasteiger charge is -2.20. The van der Waals surface area contributed by atoms with Gasteiger partial charge in [-0.05, 0) is 67.0 Å². The van der Waals surface area contributed by atoms with Crippen LogP contribution in [0.4, 0.5) is 11.5 Å². The smallest absolute Gasteiger partial charge is 0.305 e. The number of amides is 1. The fraction of sp³-hybridized carbons (Fsp3) is 0.370. The third-order valence-corrected chi connectivity index (χ3v) is 6.72. The Morgan fingerprint density at radius 3 is 2.81 bits per heavy atom. The number of hydrogen-bond donors (Lipinski definition) is 4. The summed E-state index contributed by atoms with van der Waals surface area (Å²) in [6, 6.07) is 10.4. The third-order valence-electron chi connectivity index (χ3n) is 6.72. The van der Waals surface area contributed by atoms with Crippen molar-refractivity contribution in [2.24, 2.45) is 0 Å². The van der Waals surface area contributed by atoms with E-state index in [1.54, 1.807) is 24.4 Å². The Kier molecular flexibility index (Phi) is 7.16. The number of aromatic nitrogens is 3. The molecule has 1 amide bonds. The highest BCUT2D eigenvalue weighted by Crippen LogP contribution is 2.39. The van der Waals surface area contributed by atoms with Crippen molar-refractivity contribution >= 4 is 23.4 Å².